The van der Waals surface area contributed by atoms with Gasteiger partial charge in [0.25, 0.3) is 5.91 Å². The Balaban J connectivity index is 2.00. The molecule has 6 heteroatoms. The Morgan fingerprint density at radius 1 is 1.48 bits per heavy atom. The highest BCUT2D eigenvalue weighted by Crippen LogP contribution is 2.18. The van der Waals surface area contributed by atoms with Crippen molar-refractivity contribution in [2.45, 2.75) is 19.8 Å². The number of nitrogens with zero attached hydrogens (tertiary/aromatic N) is 2. The number of amides is 2. The maximum Gasteiger partial charge on any atom is 0.272 e. The van der Waals surface area contributed by atoms with Crippen LogP contribution in [0.2, 0.25) is 0 Å². The lowest BCUT2D eigenvalue weighted by molar-refractivity contribution is 0.0496. The average molecular weight is 291 g/mol. The number of rotatable bonds is 5. The predicted molar refractivity (Wildman–Crippen MR) is 77.9 cm³/mol. The molecule has 2 N–H and O–H groups in total. The van der Waals surface area contributed by atoms with Gasteiger partial charge in [-0.05, 0) is 37.8 Å². The topological polar surface area (TPSA) is 85.5 Å². The van der Waals surface area contributed by atoms with Crippen LogP contribution in [0.3, 0.4) is 0 Å². The van der Waals surface area contributed by atoms with Crippen molar-refractivity contribution >= 4 is 11.8 Å². The molecule has 2 rings (SSSR count). The zero-order chi connectivity index (χ0) is 15.2. The summed E-state index contributed by atoms with van der Waals surface area (Å²) in [5.41, 5.74) is 5.81. The summed E-state index contributed by atoms with van der Waals surface area (Å²) in [6, 6.07) is 3.08. The fourth-order valence-electron chi connectivity index (χ4n) is 2.50. The summed E-state index contributed by atoms with van der Waals surface area (Å²) in [7, 11) is 0. The highest BCUT2D eigenvalue weighted by Gasteiger charge is 2.25. The van der Waals surface area contributed by atoms with Crippen molar-refractivity contribution in [1.82, 2.24) is 9.88 Å². The molecular weight excluding hydrogens is 270 g/mol. The van der Waals surface area contributed by atoms with Gasteiger partial charge in [0.05, 0.1) is 12.2 Å². The Morgan fingerprint density at radius 2 is 2.29 bits per heavy atom. The minimum atomic E-state index is -0.545. The number of pyridine rings is 1. The molecule has 1 aromatic rings. The molecule has 0 aliphatic carbocycles. The van der Waals surface area contributed by atoms with Gasteiger partial charge < -0.3 is 15.4 Å². The van der Waals surface area contributed by atoms with E-state index in [0.29, 0.717) is 36.9 Å². The quantitative estimate of drug-likeness (QED) is 0.879. The molecule has 0 spiro atoms. The number of likely N-dealkylation sites (tertiary alicyclic amines) is 1. The van der Waals surface area contributed by atoms with Crippen LogP contribution in [0.25, 0.3) is 0 Å². The molecule has 6 nitrogen and oxygen atoms in total. The van der Waals surface area contributed by atoms with Crippen molar-refractivity contribution in [2.24, 2.45) is 11.7 Å². The summed E-state index contributed by atoms with van der Waals surface area (Å²) in [5.74, 6) is -0.268. The SMILES string of the molecule is CCOCC1CCCN(C(=O)c2ccc(C(N)=O)cn2)C1. The molecule has 1 aliphatic heterocycles. The second-order valence-corrected chi connectivity index (χ2v) is 5.22. The molecule has 2 heterocycles. The number of nitrogens with two attached hydrogens (primary N) is 1. The lowest BCUT2D eigenvalue weighted by Crippen LogP contribution is -2.41. The molecule has 114 valence electrons. The molecule has 2 amide bonds. The van der Waals surface area contributed by atoms with E-state index in [0.717, 1.165) is 19.4 Å². The molecule has 1 atom stereocenters. The van der Waals surface area contributed by atoms with Gasteiger partial charge in [-0.3, -0.25) is 14.6 Å². The summed E-state index contributed by atoms with van der Waals surface area (Å²) >= 11 is 0. The number of piperidine rings is 1. The van der Waals surface area contributed by atoms with E-state index in [1.807, 2.05) is 6.92 Å². The highest BCUT2D eigenvalue weighted by molar-refractivity contribution is 5.95. The maximum absolute atomic E-state index is 12.4. The number of hydrogen-bond donors (Lipinski definition) is 1. The van der Waals surface area contributed by atoms with Crippen LogP contribution in [0, 0.1) is 5.92 Å². The Labute approximate surface area is 124 Å². The fraction of sp³-hybridized carbons (Fsp3) is 0.533. The summed E-state index contributed by atoms with van der Waals surface area (Å²) in [5, 5.41) is 0. The molecule has 1 aromatic heterocycles. The molecule has 1 saturated heterocycles. The third kappa shape index (κ3) is 4.01. The minimum Gasteiger partial charge on any atom is -0.381 e. The average Bonchev–Trinajstić information content (AvgIpc) is 2.52. The molecule has 1 aliphatic rings. The van der Waals surface area contributed by atoms with E-state index in [-0.39, 0.29) is 5.91 Å². The van der Waals surface area contributed by atoms with E-state index in [2.05, 4.69) is 4.98 Å². The van der Waals surface area contributed by atoms with Gasteiger partial charge in [0.1, 0.15) is 5.69 Å². The van der Waals surface area contributed by atoms with Gasteiger partial charge in [-0.2, -0.15) is 0 Å². The second-order valence-electron chi connectivity index (χ2n) is 5.22. The first-order valence-corrected chi connectivity index (χ1v) is 7.24. The first-order valence-electron chi connectivity index (χ1n) is 7.24. The van der Waals surface area contributed by atoms with Crippen LogP contribution in [0.5, 0.6) is 0 Å². The Kier molecular flexibility index (Phi) is 5.27. The summed E-state index contributed by atoms with van der Waals surface area (Å²) in [6.45, 7) is 4.78. The van der Waals surface area contributed by atoms with E-state index in [1.54, 1.807) is 11.0 Å². The summed E-state index contributed by atoms with van der Waals surface area (Å²) in [6.07, 6.45) is 3.40. The van der Waals surface area contributed by atoms with Crippen molar-refractivity contribution in [2.75, 3.05) is 26.3 Å². The Morgan fingerprint density at radius 3 is 2.90 bits per heavy atom. The fourth-order valence-corrected chi connectivity index (χ4v) is 2.50. The zero-order valence-electron chi connectivity index (χ0n) is 12.2. The van der Waals surface area contributed by atoms with Crippen molar-refractivity contribution in [3.8, 4) is 0 Å². The van der Waals surface area contributed by atoms with Crippen LogP contribution in [-0.2, 0) is 4.74 Å². The van der Waals surface area contributed by atoms with Gasteiger partial charge in [0.2, 0.25) is 5.91 Å². The van der Waals surface area contributed by atoms with Crippen LogP contribution < -0.4 is 5.73 Å². The lowest BCUT2D eigenvalue weighted by Gasteiger charge is -2.32. The molecule has 0 aromatic carbocycles. The molecule has 1 fully saturated rings. The van der Waals surface area contributed by atoms with Crippen LogP contribution >= 0.6 is 0 Å². The van der Waals surface area contributed by atoms with Gasteiger partial charge in [0, 0.05) is 25.9 Å². The number of hydrogen-bond acceptors (Lipinski definition) is 4. The number of carbonyl (C=O) groups is 2. The molecule has 0 saturated carbocycles. The van der Waals surface area contributed by atoms with E-state index < -0.39 is 5.91 Å². The largest absolute Gasteiger partial charge is 0.381 e. The zero-order valence-corrected chi connectivity index (χ0v) is 12.2. The molecule has 0 radical (unpaired) electrons. The van der Waals surface area contributed by atoms with Crippen LogP contribution in [-0.4, -0.2) is 48.0 Å². The lowest BCUT2D eigenvalue weighted by atomic mass is 9.98. The van der Waals surface area contributed by atoms with Gasteiger partial charge in [-0.15, -0.1) is 0 Å². The number of primary amides is 1. The van der Waals surface area contributed by atoms with Crippen LogP contribution in [0.1, 0.15) is 40.6 Å². The highest BCUT2D eigenvalue weighted by atomic mass is 16.5. The molecule has 0 bridgehead atoms. The van der Waals surface area contributed by atoms with Gasteiger partial charge >= 0.3 is 0 Å². The Bertz CT molecular complexity index is 501. The number of carbonyl (C=O) groups excluding carboxylic acids is 2. The van der Waals surface area contributed by atoms with E-state index in [9.17, 15) is 9.59 Å². The van der Waals surface area contributed by atoms with Crippen molar-refractivity contribution in [3.63, 3.8) is 0 Å². The second kappa shape index (κ2) is 7.17. The van der Waals surface area contributed by atoms with Gasteiger partial charge in [-0.1, -0.05) is 0 Å². The first kappa shape index (κ1) is 15.4. The normalized spacial score (nSPS) is 18.5. The summed E-state index contributed by atoms with van der Waals surface area (Å²) < 4.78 is 5.44. The third-order valence-corrected chi connectivity index (χ3v) is 3.63. The molecule has 1 unspecified atom stereocenters. The number of ether oxygens (including phenoxy) is 1. The van der Waals surface area contributed by atoms with Crippen LogP contribution in [0.15, 0.2) is 18.3 Å². The van der Waals surface area contributed by atoms with E-state index in [1.165, 1.54) is 12.3 Å². The maximum atomic E-state index is 12.4. The predicted octanol–water partition coefficient (Wildman–Crippen LogP) is 1.07. The van der Waals surface area contributed by atoms with Crippen molar-refractivity contribution < 1.29 is 14.3 Å². The van der Waals surface area contributed by atoms with E-state index in [4.69, 9.17) is 10.5 Å². The molecule has 21 heavy (non-hydrogen) atoms. The number of aromatic nitrogens is 1. The molecular formula is C15H21N3O3. The standard InChI is InChI=1S/C15H21N3O3/c1-2-21-10-11-4-3-7-18(9-11)15(20)13-6-5-12(8-17-13)14(16)19/h5-6,8,11H,2-4,7,9-10H2,1H3,(H2,16,19). The summed E-state index contributed by atoms with van der Waals surface area (Å²) in [4.78, 5) is 29.3. The van der Waals surface area contributed by atoms with Crippen molar-refractivity contribution in [3.05, 3.63) is 29.6 Å². The first-order chi connectivity index (χ1) is 10.1. The van der Waals surface area contributed by atoms with Gasteiger partial charge in [0.15, 0.2) is 0 Å². The monoisotopic (exact) mass is 291 g/mol. The third-order valence-electron chi connectivity index (χ3n) is 3.63. The van der Waals surface area contributed by atoms with Crippen molar-refractivity contribution in [1.29, 1.82) is 0 Å². The Hall–Kier alpha value is -1.95. The smallest absolute Gasteiger partial charge is 0.272 e. The van der Waals surface area contributed by atoms with E-state index >= 15 is 0 Å². The van der Waals surface area contributed by atoms with Gasteiger partial charge in [-0.25, -0.2) is 0 Å². The van der Waals surface area contributed by atoms with Crippen LogP contribution in [0.4, 0.5) is 0 Å². The minimum absolute atomic E-state index is 0.104.